The lowest BCUT2D eigenvalue weighted by atomic mass is 10.0. The SMILES string of the molecule is CCCNC(CCN1CCS(=O)CC1)c1ccccc1Cl. The van der Waals surface area contributed by atoms with Gasteiger partial charge < -0.3 is 10.2 Å². The van der Waals surface area contributed by atoms with Crippen LogP contribution in [0.3, 0.4) is 0 Å². The molecule has 5 heteroatoms. The second kappa shape index (κ2) is 8.89. The molecule has 1 aliphatic rings. The number of nitrogens with zero attached hydrogens (tertiary/aromatic N) is 1. The van der Waals surface area contributed by atoms with Crippen molar-refractivity contribution in [3.63, 3.8) is 0 Å². The molecule has 1 fully saturated rings. The first kappa shape index (κ1) is 16.9. The fraction of sp³-hybridized carbons (Fsp3) is 0.625. The molecule has 0 saturated carbocycles. The summed E-state index contributed by atoms with van der Waals surface area (Å²) in [7, 11) is -0.598. The Balaban J connectivity index is 1.93. The summed E-state index contributed by atoms with van der Waals surface area (Å²) >= 11 is 6.34. The van der Waals surface area contributed by atoms with Gasteiger partial charge in [-0.05, 0) is 31.0 Å². The van der Waals surface area contributed by atoms with Gasteiger partial charge in [0.1, 0.15) is 0 Å². The molecule has 1 saturated heterocycles. The summed E-state index contributed by atoms with van der Waals surface area (Å²) in [6.45, 7) is 6.12. The largest absolute Gasteiger partial charge is 0.310 e. The number of benzene rings is 1. The second-order valence-corrected chi connectivity index (χ2v) is 7.61. The molecule has 0 bridgehead atoms. The second-order valence-electron chi connectivity index (χ2n) is 5.51. The van der Waals surface area contributed by atoms with Gasteiger partial charge in [0.2, 0.25) is 0 Å². The predicted molar refractivity (Wildman–Crippen MR) is 91.4 cm³/mol. The van der Waals surface area contributed by atoms with Gasteiger partial charge in [0, 0.05) is 53.0 Å². The minimum absolute atomic E-state index is 0.297. The van der Waals surface area contributed by atoms with Crippen LogP contribution < -0.4 is 5.32 Å². The lowest BCUT2D eigenvalue weighted by Crippen LogP contribution is -2.39. The van der Waals surface area contributed by atoms with E-state index in [0.717, 1.165) is 55.5 Å². The molecule has 1 aliphatic heterocycles. The Bertz CT molecular complexity index is 459. The molecular weight excluding hydrogens is 304 g/mol. The summed E-state index contributed by atoms with van der Waals surface area (Å²) in [5, 5.41) is 4.44. The molecule has 1 N–H and O–H groups in total. The van der Waals surface area contributed by atoms with Gasteiger partial charge in [0.05, 0.1) is 0 Å². The van der Waals surface area contributed by atoms with Crippen LogP contribution in [0, 0.1) is 0 Å². The van der Waals surface area contributed by atoms with Crippen molar-refractivity contribution in [1.29, 1.82) is 0 Å². The molecule has 0 amide bonds. The topological polar surface area (TPSA) is 32.3 Å². The number of hydrogen-bond donors (Lipinski definition) is 1. The van der Waals surface area contributed by atoms with E-state index in [-0.39, 0.29) is 0 Å². The Morgan fingerprint density at radius 2 is 2.05 bits per heavy atom. The van der Waals surface area contributed by atoms with E-state index in [4.69, 9.17) is 11.6 Å². The van der Waals surface area contributed by atoms with Crippen LogP contribution in [-0.4, -0.2) is 46.8 Å². The van der Waals surface area contributed by atoms with Crippen LogP contribution in [0.5, 0.6) is 0 Å². The summed E-state index contributed by atoms with van der Waals surface area (Å²) in [6.07, 6.45) is 2.15. The Labute approximate surface area is 135 Å². The smallest absolute Gasteiger partial charge is 0.0453 e. The van der Waals surface area contributed by atoms with Crippen LogP contribution in [-0.2, 0) is 10.8 Å². The van der Waals surface area contributed by atoms with E-state index < -0.39 is 10.8 Å². The predicted octanol–water partition coefficient (Wildman–Crippen LogP) is 2.84. The van der Waals surface area contributed by atoms with Crippen molar-refractivity contribution in [3.8, 4) is 0 Å². The minimum atomic E-state index is -0.598. The van der Waals surface area contributed by atoms with Gasteiger partial charge in [-0.25, -0.2) is 0 Å². The van der Waals surface area contributed by atoms with Gasteiger partial charge >= 0.3 is 0 Å². The number of halogens is 1. The zero-order valence-electron chi connectivity index (χ0n) is 12.7. The van der Waals surface area contributed by atoms with Gasteiger partial charge in [0.25, 0.3) is 0 Å². The Kier molecular flexibility index (Phi) is 7.17. The van der Waals surface area contributed by atoms with Crippen molar-refractivity contribution in [2.75, 3.05) is 37.7 Å². The van der Waals surface area contributed by atoms with E-state index in [1.807, 2.05) is 18.2 Å². The number of rotatable bonds is 7. The summed E-state index contributed by atoms with van der Waals surface area (Å²) in [6, 6.07) is 8.39. The normalized spacial score (nSPS) is 18.8. The average molecular weight is 329 g/mol. The zero-order valence-corrected chi connectivity index (χ0v) is 14.3. The molecule has 21 heavy (non-hydrogen) atoms. The third-order valence-corrected chi connectivity index (χ3v) is 5.55. The summed E-state index contributed by atoms with van der Waals surface area (Å²) in [4.78, 5) is 2.42. The summed E-state index contributed by atoms with van der Waals surface area (Å²) in [5.41, 5.74) is 1.19. The van der Waals surface area contributed by atoms with Crippen LogP contribution in [0.25, 0.3) is 0 Å². The number of nitrogens with one attached hydrogen (secondary N) is 1. The van der Waals surface area contributed by atoms with Gasteiger partial charge in [-0.2, -0.15) is 0 Å². The van der Waals surface area contributed by atoms with Crippen molar-refractivity contribution in [3.05, 3.63) is 34.9 Å². The van der Waals surface area contributed by atoms with Crippen molar-refractivity contribution in [2.24, 2.45) is 0 Å². The van der Waals surface area contributed by atoms with E-state index >= 15 is 0 Å². The molecule has 2 rings (SSSR count). The Morgan fingerprint density at radius 3 is 2.71 bits per heavy atom. The number of hydrogen-bond acceptors (Lipinski definition) is 3. The minimum Gasteiger partial charge on any atom is -0.310 e. The van der Waals surface area contributed by atoms with Crippen LogP contribution in [0.4, 0.5) is 0 Å². The molecule has 1 aromatic rings. The lowest BCUT2D eigenvalue weighted by molar-refractivity contribution is 0.278. The zero-order chi connectivity index (χ0) is 15.1. The van der Waals surface area contributed by atoms with E-state index in [2.05, 4.69) is 23.2 Å². The van der Waals surface area contributed by atoms with E-state index in [0.29, 0.717) is 6.04 Å². The van der Waals surface area contributed by atoms with Gasteiger partial charge in [-0.15, -0.1) is 0 Å². The molecular formula is C16H25ClN2OS. The quantitative estimate of drug-likeness (QED) is 0.835. The highest BCUT2D eigenvalue weighted by atomic mass is 35.5. The maximum Gasteiger partial charge on any atom is 0.0453 e. The highest BCUT2D eigenvalue weighted by molar-refractivity contribution is 7.85. The van der Waals surface area contributed by atoms with Crippen LogP contribution >= 0.6 is 11.6 Å². The molecule has 1 unspecified atom stereocenters. The molecule has 1 aromatic carbocycles. The fourth-order valence-corrected chi connectivity index (χ4v) is 4.05. The van der Waals surface area contributed by atoms with Gasteiger partial charge in [-0.3, -0.25) is 4.21 Å². The molecule has 1 atom stereocenters. The molecule has 0 aliphatic carbocycles. The third-order valence-electron chi connectivity index (χ3n) is 3.93. The first-order chi connectivity index (χ1) is 10.2. The molecule has 118 valence electrons. The molecule has 0 radical (unpaired) electrons. The first-order valence-electron chi connectivity index (χ1n) is 7.76. The highest BCUT2D eigenvalue weighted by Gasteiger charge is 2.18. The molecule has 3 nitrogen and oxygen atoms in total. The van der Waals surface area contributed by atoms with E-state index in [1.165, 1.54) is 5.56 Å². The van der Waals surface area contributed by atoms with E-state index in [9.17, 15) is 4.21 Å². The molecule has 0 aromatic heterocycles. The van der Waals surface area contributed by atoms with Crippen molar-refractivity contribution in [2.45, 2.75) is 25.8 Å². The maximum atomic E-state index is 11.4. The van der Waals surface area contributed by atoms with Crippen molar-refractivity contribution < 1.29 is 4.21 Å². The van der Waals surface area contributed by atoms with Crippen LogP contribution in [0.2, 0.25) is 5.02 Å². The monoisotopic (exact) mass is 328 g/mol. The van der Waals surface area contributed by atoms with Crippen LogP contribution in [0.15, 0.2) is 24.3 Å². The standard InChI is InChI=1S/C16H25ClN2OS/c1-2-8-18-16(14-5-3-4-6-15(14)17)7-9-19-10-12-21(20)13-11-19/h3-6,16,18H,2,7-13H2,1H3. The van der Waals surface area contributed by atoms with Gasteiger partial charge in [-0.1, -0.05) is 36.7 Å². The van der Waals surface area contributed by atoms with Crippen molar-refractivity contribution >= 4 is 22.4 Å². The van der Waals surface area contributed by atoms with Crippen LogP contribution in [0.1, 0.15) is 31.4 Å². The third kappa shape index (κ3) is 5.37. The molecule has 1 heterocycles. The Morgan fingerprint density at radius 1 is 1.33 bits per heavy atom. The van der Waals surface area contributed by atoms with Gasteiger partial charge in [0.15, 0.2) is 0 Å². The maximum absolute atomic E-state index is 11.4. The Hall–Kier alpha value is -0.420. The fourth-order valence-electron chi connectivity index (χ4n) is 2.65. The first-order valence-corrected chi connectivity index (χ1v) is 9.62. The lowest BCUT2D eigenvalue weighted by Gasteiger charge is -2.28. The summed E-state index contributed by atoms with van der Waals surface area (Å²) < 4.78 is 11.4. The highest BCUT2D eigenvalue weighted by Crippen LogP contribution is 2.25. The van der Waals surface area contributed by atoms with E-state index in [1.54, 1.807) is 0 Å². The van der Waals surface area contributed by atoms with Crippen molar-refractivity contribution in [1.82, 2.24) is 10.2 Å². The molecule has 0 spiro atoms. The average Bonchev–Trinajstić information content (AvgIpc) is 2.50. The summed E-state index contributed by atoms with van der Waals surface area (Å²) in [5.74, 6) is 1.64.